The monoisotopic (exact) mass is 296 g/mol. The molecule has 21 heavy (non-hydrogen) atoms. The van der Waals surface area contributed by atoms with Gasteiger partial charge in [-0.05, 0) is 43.2 Å². The van der Waals surface area contributed by atoms with Gasteiger partial charge in [0, 0.05) is 19.6 Å². The van der Waals surface area contributed by atoms with Crippen molar-refractivity contribution in [3.05, 3.63) is 0 Å². The summed E-state index contributed by atoms with van der Waals surface area (Å²) in [4.78, 5) is 2.70. The van der Waals surface area contributed by atoms with Gasteiger partial charge in [-0.3, -0.25) is 0 Å². The lowest BCUT2D eigenvalue weighted by Crippen LogP contribution is -2.45. The summed E-state index contributed by atoms with van der Waals surface area (Å²) >= 11 is 0. The van der Waals surface area contributed by atoms with E-state index in [1.165, 1.54) is 64.7 Å². The fraction of sp³-hybridized carbons (Fsp3) is 1.00. The standard InChI is InChI=1S/C19H40N2/c1-6-21(14-18(4)5)16-19(15-20-13-17(2)3)11-9-7-8-10-12-19/h17-18,20H,6-16H2,1-5H3. The van der Waals surface area contributed by atoms with E-state index in [0.717, 1.165) is 18.4 Å². The molecule has 0 heterocycles. The second kappa shape index (κ2) is 9.84. The smallest absolute Gasteiger partial charge is 0.00501 e. The SMILES string of the molecule is CCN(CC(C)C)CC1(CNCC(C)C)CCCCCC1. The van der Waals surface area contributed by atoms with Crippen molar-refractivity contribution >= 4 is 0 Å². The van der Waals surface area contributed by atoms with Crippen molar-refractivity contribution in [3.63, 3.8) is 0 Å². The van der Waals surface area contributed by atoms with E-state index in [0.29, 0.717) is 5.41 Å². The van der Waals surface area contributed by atoms with E-state index in [1.54, 1.807) is 0 Å². The average molecular weight is 297 g/mol. The van der Waals surface area contributed by atoms with E-state index in [2.05, 4.69) is 44.8 Å². The molecule has 1 rings (SSSR count). The maximum Gasteiger partial charge on any atom is 0.00501 e. The summed E-state index contributed by atoms with van der Waals surface area (Å²) in [6.07, 6.45) is 8.61. The first-order valence-corrected chi connectivity index (χ1v) is 9.40. The first kappa shape index (κ1) is 19.0. The molecular formula is C19H40N2. The summed E-state index contributed by atoms with van der Waals surface area (Å²) in [5, 5.41) is 3.78. The molecule has 0 saturated heterocycles. The summed E-state index contributed by atoms with van der Waals surface area (Å²) in [6, 6.07) is 0. The highest BCUT2D eigenvalue weighted by atomic mass is 15.1. The van der Waals surface area contributed by atoms with Crippen LogP contribution in [0, 0.1) is 17.3 Å². The van der Waals surface area contributed by atoms with Crippen LogP contribution in [0.1, 0.15) is 73.1 Å². The maximum absolute atomic E-state index is 3.78. The van der Waals surface area contributed by atoms with Crippen molar-refractivity contribution in [1.29, 1.82) is 0 Å². The summed E-state index contributed by atoms with van der Waals surface area (Å²) < 4.78 is 0. The second-order valence-electron chi connectivity index (χ2n) is 8.16. The summed E-state index contributed by atoms with van der Waals surface area (Å²) in [7, 11) is 0. The largest absolute Gasteiger partial charge is 0.316 e. The van der Waals surface area contributed by atoms with Gasteiger partial charge in [0.15, 0.2) is 0 Å². The highest BCUT2D eigenvalue weighted by molar-refractivity contribution is 4.87. The molecule has 0 atom stereocenters. The van der Waals surface area contributed by atoms with Gasteiger partial charge in [-0.2, -0.15) is 0 Å². The zero-order valence-corrected chi connectivity index (χ0v) is 15.4. The Morgan fingerprint density at radius 3 is 2.05 bits per heavy atom. The van der Waals surface area contributed by atoms with Crippen molar-refractivity contribution in [2.75, 3.05) is 32.7 Å². The quantitative estimate of drug-likeness (QED) is 0.628. The highest BCUT2D eigenvalue weighted by Gasteiger charge is 2.32. The Morgan fingerprint density at radius 1 is 0.952 bits per heavy atom. The van der Waals surface area contributed by atoms with E-state index >= 15 is 0 Å². The molecule has 126 valence electrons. The molecule has 0 bridgehead atoms. The highest BCUT2D eigenvalue weighted by Crippen LogP contribution is 2.35. The number of nitrogens with zero attached hydrogens (tertiary/aromatic N) is 1. The Bertz CT molecular complexity index is 252. The van der Waals surface area contributed by atoms with Crippen molar-refractivity contribution in [2.24, 2.45) is 17.3 Å². The molecule has 0 unspecified atom stereocenters. The molecule has 1 aliphatic rings. The van der Waals surface area contributed by atoms with Crippen molar-refractivity contribution in [1.82, 2.24) is 10.2 Å². The molecule has 2 nitrogen and oxygen atoms in total. The van der Waals surface area contributed by atoms with Gasteiger partial charge in [-0.15, -0.1) is 0 Å². The molecule has 0 aromatic heterocycles. The van der Waals surface area contributed by atoms with Crippen molar-refractivity contribution < 1.29 is 0 Å². The van der Waals surface area contributed by atoms with E-state index in [9.17, 15) is 0 Å². The average Bonchev–Trinajstić information content (AvgIpc) is 2.63. The molecule has 1 N–H and O–H groups in total. The first-order chi connectivity index (χ1) is 9.97. The Balaban J connectivity index is 2.64. The van der Waals surface area contributed by atoms with E-state index < -0.39 is 0 Å². The number of nitrogens with one attached hydrogen (secondary N) is 1. The summed E-state index contributed by atoms with van der Waals surface area (Å²) in [5.41, 5.74) is 0.524. The van der Waals surface area contributed by atoms with E-state index in [-0.39, 0.29) is 0 Å². The number of rotatable bonds is 9. The van der Waals surface area contributed by atoms with Gasteiger partial charge < -0.3 is 10.2 Å². The van der Waals surface area contributed by atoms with Gasteiger partial charge in [0.25, 0.3) is 0 Å². The number of hydrogen-bond donors (Lipinski definition) is 1. The normalized spacial score (nSPS) is 19.4. The lowest BCUT2D eigenvalue weighted by molar-refractivity contribution is 0.120. The third-order valence-corrected chi connectivity index (χ3v) is 4.85. The Hall–Kier alpha value is -0.0800. The zero-order valence-electron chi connectivity index (χ0n) is 15.4. The predicted octanol–water partition coefficient (Wildman–Crippen LogP) is 4.55. The van der Waals surface area contributed by atoms with Gasteiger partial charge in [-0.25, -0.2) is 0 Å². The van der Waals surface area contributed by atoms with Crippen LogP contribution in [0.2, 0.25) is 0 Å². The molecule has 2 heteroatoms. The molecule has 1 aliphatic carbocycles. The van der Waals surface area contributed by atoms with Crippen LogP contribution < -0.4 is 5.32 Å². The summed E-state index contributed by atoms with van der Waals surface area (Å²) in [6.45, 7) is 17.8. The van der Waals surface area contributed by atoms with Crippen LogP contribution >= 0.6 is 0 Å². The first-order valence-electron chi connectivity index (χ1n) is 9.40. The molecule has 0 radical (unpaired) electrons. The van der Waals surface area contributed by atoms with Crippen LogP contribution in [0.5, 0.6) is 0 Å². The molecule has 0 spiro atoms. The Labute approximate surface area is 134 Å². The van der Waals surface area contributed by atoms with Crippen molar-refractivity contribution in [3.8, 4) is 0 Å². The van der Waals surface area contributed by atoms with Gasteiger partial charge in [-0.1, -0.05) is 60.3 Å². The zero-order chi connectivity index (χ0) is 15.7. The van der Waals surface area contributed by atoms with Crippen molar-refractivity contribution in [2.45, 2.75) is 73.1 Å². The lowest BCUT2D eigenvalue weighted by Gasteiger charge is -2.39. The molecule has 1 fully saturated rings. The topological polar surface area (TPSA) is 15.3 Å². The van der Waals surface area contributed by atoms with E-state index in [4.69, 9.17) is 0 Å². The fourth-order valence-electron chi connectivity index (χ4n) is 3.79. The minimum absolute atomic E-state index is 0.524. The van der Waals surface area contributed by atoms with Crippen LogP contribution in [-0.2, 0) is 0 Å². The molecule has 0 aromatic carbocycles. The van der Waals surface area contributed by atoms with Crippen LogP contribution in [0.15, 0.2) is 0 Å². The van der Waals surface area contributed by atoms with Crippen LogP contribution in [0.3, 0.4) is 0 Å². The molecule has 0 aliphatic heterocycles. The van der Waals surface area contributed by atoms with Crippen LogP contribution in [0.25, 0.3) is 0 Å². The molecular weight excluding hydrogens is 256 g/mol. The molecule has 0 amide bonds. The third kappa shape index (κ3) is 7.65. The lowest BCUT2D eigenvalue weighted by atomic mass is 9.79. The Morgan fingerprint density at radius 2 is 1.57 bits per heavy atom. The fourth-order valence-corrected chi connectivity index (χ4v) is 3.79. The van der Waals surface area contributed by atoms with Gasteiger partial charge in [0.1, 0.15) is 0 Å². The van der Waals surface area contributed by atoms with Gasteiger partial charge >= 0.3 is 0 Å². The Kier molecular flexibility index (Phi) is 8.89. The number of hydrogen-bond acceptors (Lipinski definition) is 2. The molecule has 0 aromatic rings. The molecule has 1 saturated carbocycles. The maximum atomic E-state index is 3.78. The second-order valence-corrected chi connectivity index (χ2v) is 8.16. The predicted molar refractivity (Wildman–Crippen MR) is 94.8 cm³/mol. The van der Waals surface area contributed by atoms with E-state index in [1.807, 2.05) is 0 Å². The van der Waals surface area contributed by atoms with Gasteiger partial charge in [0.2, 0.25) is 0 Å². The third-order valence-electron chi connectivity index (χ3n) is 4.85. The van der Waals surface area contributed by atoms with Gasteiger partial charge in [0.05, 0.1) is 0 Å². The van der Waals surface area contributed by atoms with Crippen LogP contribution in [0.4, 0.5) is 0 Å². The van der Waals surface area contributed by atoms with Crippen LogP contribution in [-0.4, -0.2) is 37.6 Å². The minimum Gasteiger partial charge on any atom is -0.316 e. The minimum atomic E-state index is 0.524. The summed E-state index contributed by atoms with van der Waals surface area (Å²) in [5.74, 6) is 1.53.